The van der Waals surface area contributed by atoms with E-state index >= 15 is 0 Å². The number of ether oxygens (including phenoxy) is 2. The Morgan fingerprint density at radius 1 is 0.978 bits per heavy atom. The van der Waals surface area contributed by atoms with E-state index in [4.69, 9.17) is 9.47 Å². The van der Waals surface area contributed by atoms with E-state index in [1.807, 2.05) is 19.1 Å². The van der Waals surface area contributed by atoms with Crippen molar-refractivity contribution in [1.82, 2.24) is 15.5 Å². The van der Waals surface area contributed by atoms with Gasteiger partial charge in [-0.2, -0.15) is 0 Å². The molecule has 2 aromatic carbocycles. The zero-order valence-electron chi connectivity index (χ0n) is 26.2. The Kier molecular flexibility index (Phi) is 11.2. The second-order valence-electron chi connectivity index (χ2n) is 11.9. The van der Waals surface area contributed by atoms with Crippen molar-refractivity contribution in [1.29, 1.82) is 0 Å². The average molecular weight is 622 g/mol. The molecule has 3 N–H and O–H groups in total. The van der Waals surface area contributed by atoms with Crippen LogP contribution >= 0.6 is 0 Å². The van der Waals surface area contributed by atoms with Gasteiger partial charge in [0.2, 0.25) is 11.8 Å². The van der Waals surface area contributed by atoms with Gasteiger partial charge in [-0.3, -0.25) is 28.9 Å². The van der Waals surface area contributed by atoms with E-state index in [0.29, 0.717) is 30.9 Å². The molecule has 0 aromatic heterocycles. The Balaban J connectivity index is 1.48. The van der Waals surface area contributed by atoms with Crippen molar-refractivity contribution in [3.05, 3.63) is 59.2 Å². The molecule has 45 heavy (non-hydrogen) atoms. The second-order valence-corrected chi connectivity index (χ2v) is 11.9. The number of rotatable bonds is 15. The third-order valence-corrected chi connectivity index (χ3v) is 8.86. The highest BCUT2D eigenvalue weighted by Crippen LogP contribution is 2.43. The molecule has 2 aliphatic rings. The number of nitrogens with one attached hydrogen (secondary N) is 2. The Labute approximate surface area is 263 Å². The van der Waals surface area contributed by atoms with Gasteiger partial charge in [0.1, 0.15) is 17.5 Å². The van der Waals surface area contributed by atoms with Crippen molar-refractivity contribution in [3.8, 4) is 11.5 Å². The van der Waals surface area contributed by atoms with Crippen molar-refractivity contribution < 1.29 is 38.6 Å². The standard InChI is InChI=1S/C34H43N3O8/c1-4-18-45-25-12-13-26-27(20-25)31(40)37(30(26)39)17-14-23(32(41)42)21-34(15-6-5-7-16-34)33(43)36-28(29(38)35-2)19-22-8-10-24(44-3)11-9-22/h8-13,20,23,28H,4-7,14-19,21H2,1-3H3,(H,35,38)(H,36,43)(H,41,42). The molecule has 4 rings (SSSR count). The first-order valence-electron chi connectivity index (χ1n) is 15.6. The number of amides is 4. The first-order chi connectivity index (χ1) is 21.6. The molecule has 0 radical (unpaired) electrons. The van der Waals surface area contributed by atoms with E-state index in [0.717, 1.165) is 36.1 Å². The van der Waals surface area contributed by atoms with Gasteiger partial charge in [-0.05, 0) is 68.0 Å². The molecule has 242 valence electrons. The SMILES string of the molecule is CCCOc1ccc2c(c1)C(=O)N(CCC(CC1(C(=O)NC(Cc3ccc(OC)cc3)C(=O)NC)CCCCC1)C(=O)O)C2=O. The highest BCUT2D eigenvalue weighted by molar-refractivity contribution is 6.21. The molecule has 0 saturated heterocycles. The van der Waals surface area contributed by atoms with Crippen LogP contribution in [-0.4, -0.2) is 73.0 Å². The van der Waals surface area contributed by atoms with Crippen LogP contribution in [0.2, 0.25) is 0 Å². The molecular formula is C34H43N3O8. The van der Waals surface area contributed by atoms with Crippen molar-refractivity contribution in [2.75, 3.05) is 27.3 Å². The van der Waals surface area contributed by atoms with E-state index in [-0.39, 0.29) is 48.7 Å². The number of benzene rings is 2. The van der Waals surface area contributed by atoms with Crippen molar-refractivity contribution in [2.24, 2.45) is 11.3 Å². The molecule has 1 fully saturated rings. The van der Waals surface area contributed by atoms with Crippen LogP contribution in [0.1, 0.15) is 84.6 Å². The summed E-state index contributed by atoms with van der Waals surface area (Å²) >= 11 is 0. The van der Waals surface area contributed by atoms with Crippen molar-refractivity contribution >= 4 is 29.6 Å². The van der Waals surface area contributed by atoms with Gasteiger partial charge >= 0.3 is 5.97 Å². The fraction of sp³-hybridized carbons (Fsp3) is 0.500. The first-order valence-corrected chi connectivity index (χ1v) is 15.6. The quantitative estimate of drug-likeness (QED) is 0.253. The monoisotopic (exact) mass is 621 g/mol. The highest BCUT2D eigenvalue weighted by atomic mass is 16.5. The van der Waals surface area contributed by atoms with Gasteiger partial charge in [0.25, 0.3) is 11.8 Å². The lowest BCUT2D eigenvalue weighted by Gasteiger charge is -2.38. The van der Waals surface area contributed by atoms with Crippen molar-refractivity contribution in [3.63, 3.8) is 0 Å². The minimum atomic E-state index is -1.10. The van der Waals surface area contributed by atoms with E-state index in [2.05, 4.69) is 10.6 Å². The summed E-state index contributed by atoms with van der Waals surface area (Å²) in [6.45, 7) is 2.35. The van der Waals surface area contributed by atoms with Crippen LogP contribution < -0.4 is 20.1 Å². The predicted octanol–water partition coefficient (Wildman–Crippen LogP) is 3.99. The molecule has 1 heterocycles. The number of hydrogen-bond acceptors (Lipinski definition) is 7. The van der Waals surface area contributed by atoms with E-state index in [1.54, 1.807) is 37.4 Å². The number of carboxylic acids is 1. The summed E-state index contributed by atoms with van der Waals surface area (Å²) < 4.78 is 10.8. The third-order valence-electron chi connectivity index (χ3n) is 8.86. The third kappa shape index (κ3) is 7.82. The summed E-state index contributed by atoms with van der Waals surface area (Å²) in [5.74, 6) is -2.58. The predicted molar refractivity (Wildman–Crippen MR) is 166 cm³/mol. The molecule has 1 aliphatic heterocycles. The number of carboxylic acid groups (broad SMARTS) is 1. The average Bonchev–Trinajstić information content (AvgIpc) is 3.29. The van der Waals surface area contributed by atoms with Gasteiger partial charge in [-0.1, -0.05) is 38.3 Å². The largest absolute Gasteiger partial charge is 0.497 e. The Morgan fingerprint density at radius 2 is 1.64 bits per heavy atom. The Bertz CT molecular complexity index is 1400. The first kappa shape index (κ1) is 33.5. The smallest absolute Gasteiger partial charge is 0.306 e. The number of hydrogen-bond donors (Lipinski definition) is 3. The van der Waals surface area contributed by atoms with E-state index in [9.17, 15) is 29.1 Å². The van der Waals surface area contributed by atoms with Gasteiger partial charge in [-0.15, -0.1) is 0 Å². The van der Waals surface area contributed by atoms with Gasteiger partial charge in [0.05, 0.1) is 36.2 Å². The topological polar surface area (TPSA) is 151 Å². The van der Waals surface area contributed by atoms with Gasteiger partial charge in [0, 0.05) is 20.0 Å². The zero-order valence-corrected chi connectivity index (χ0v) is 26.2. The molecule has 1 aliphatic carbocycles. The summed E-state index contributed by atoms with van der Waals surface area (Å²) in [5, 5.41) is 15.8. The normalized spacial score (nSPS) is 16.8. The minimum absolute atomic E-state index is 0.000251. The number of methoxy groups -OCH3 is 1. The summed E-state index contributed by atoms with van der Waals surface area (Å²) in [4.78, 5) is 66.7. The van der Waals surface area contributed by atoms with Crippen LogP contribution in [0, 0.1) is 11.3 Å². The van der Waals surface area contributed by atoms with E-state index in [1.165, 1.54) is 7.05 Å². The summed E-state index contributed by atoms with van der Waals surface area (Å²) in [7, 11) is 3.07. The van der Waals surface area contributed by atoms with Crippen molar-refractivity contribution in [2.45, 2.75) is 70.8 Å². The number of carbonyl (C=O) groups excluding carboxylic acids is 4. The fourth-order valence-corrected chi connectivity index (χ4v) is 6.30. The molecule has 0 bridgehead atoms. The van der Waals surface area contributed by atoms with Crippen LogP contribution in [-0.2, 0) is 20.8 Å². The molecule has 0 spiro atoms. The Morgan fingerprint density at radius 3 is 2.27 bits per heavy atom. The number of nitrogens with zero attached hydrogens (tertiary/aromatic N) is 1. The van der Waals surface area contributed by atoms with Crippen LogP contribution in [0.5, 0.6) is 11.5 Å². The molecular weight excluding hydrogens is 578 g/mol. The molecule has 2 unspecified atom stereocenters. The van der Waals surface area contributed by atoms with Crippen LogP contribution in [0.25, 0.3) is 0 Å². The molecule has 2 aromatic rings. The van der Waals surface area contributed by atoms with Crippen LogP contribution in [0.15, 0.2) is 42.5 Å². The number of carbonyl (C=O) groups is 5. The maximum Gasteiger partial charge on any atom is 0.306 e. The highest BCUT2D eigenvalue weighted by Gasteiger charge is 2.44. The molecule has 2 atom stereocenters. The van der Waals surface area contributed by atoms with Gasteiger partial charge in [0.15, 0.2) is 0 Å². The summed E-state index contributed by atoms with van der Waals surface area (Å²) in [6, 6.07) is 11.1. The Hall–Kier alpha value is -4.41. The lowest BCUT2D eigenvalue weighted by atomic mass is 9.67. The molecule has 11 nitrogen and oxygen atoms in total. The zero-order chi connectivity index (χ0) is 32.6. The van der Waals surface area contributed by atoms with E-state index < -0.39 is 35.2 Å². The lowest BCUT2D eigenvalue weighted by Crippen LogP contribution is -2.53. The van der Waals surface area contributed by atoms with Crippen LogP contribution in [0.3, 0.4) is 0 Å². The fourth-order valence-electron chi connectivity index (χ4n) is 6.30. The summed E-state index contributed by atoms with van der Waals surface area (Å²) in [5.41, 5.74) is 0.327. The maximum absolute atomic E-state index is 14.0. The lowest BCUT2D eigenvalue weighted by molar-refractivity contribution is -0.146. The van der Waals surface area contributed by atoms with Gasteiger partial charge < -0.3 is 25.2 Å². The molecule has 11 heteroatoms. The molecule has 4 amide bonds. The summed E-state index contributed by atoms with van der Waals surface area (Å²) in [6.07, 6.45) is 4.48. The number of likely N-dealkylation sites (N-methyl/N-ethyl adjacent to an activating group) is 1. The number of imide groups is 1. The van der Waals surface area contributed by atoms with Crippen LogP contribution in [0.4, 0.5) is 0 Å². The maximum atomic E-state index is 14.0. The van der Waals surface area contributed by atoms with Gasteiger partial charge in [-0.25, -0.2) is 0 Å². The number of aliphatic carboxylic acids is 1. The minimum Gasteiger partial charge on any atom is -0.497 e. The second kappa shape index (κ2) is 15.0. The number of fused-ring (bicyclic) bond motifs is 1. The molecule has 1 saturated carbocycles.